The quantitative estimate of drug-likeness (QED) is 0.375. The van der Waals surface area contributed by atoms with Crippen molar-refractivity contribution in [2.24, 2.45) is 5.92 Å². The van der Waals surface area contributed by atoms with Crippen LogP contribution >= 0.6 is 11.6 Å². The number of anilines is 2. The number of hydrogen-bond donors (Lipinski definition) is 3. The van der Waals surface area contributed by atoms with Gasteiger partial charge in [0.15, 0.2) is 0 Å². The maximum absolute atomic E-state index is 12.9. The van der Waals surface area contributed by atoms with Gasteiger partial charge < -0.3 is 15.7 Å². The van der Waals surface area contributed by atoms with E-state index in [0.29, 0.717) is 11.1 Å². The van der Waals surface area contributed by atoms with Crippen LogP contribution in [0.15, 0.2) is 36.4 Å². The third-order valence-corrected chi connectivity index (χ3v) is 4.43. The molecule has 1 atom stereocenters. The number of nitro benzene ring substituents is 2. The van der Waals surface area contributed by atoms with E-state index in [9.17, 15) is 34.9 Å². The number of halogens is 1. The number of nitrogens with zero attached hydrogens (tertiary/aromatic N) is 2. The fraction of sp³-hybridized carbons (Fsp3) is 0.263. The number of nitro groups is 2. The van der Waals surface area contributed by atoms with E-state index >= 15 is 0 Å². The Bertz CT molecular complexity index is 1020. The van der Waals surface area contributed by atoms with Gasteiger partial charge in [0.1, 0.15) is 11.7 Å². The first kappa shape index (κ1) is 23.5. The number of nitrogens with one attached hydrogen (secondary N) is 2. The van der Waals surface area contributed by atoms with Crippen molar-refractivity contribution in [2.75, 3.05) is 10.6 Å². The predicted molar refractivity (Wildman–Crippen MR) is 114 cm³/mol. The third-order valence-electron chi connectivity index (χ3n) is 4.18. The molecule has 164 valence electrons. The summed E-state index contributed by atoms with van der Waals surface area (Å²) in [6.45, 7) is 3.52. The van der Waals surface area contributed by atoms with E-state index in [1.165, 1.54) is 24.3 Å². The summed E-state index contributed by atoms with van der Waals surface area (Å²) in [5, 5.41) is 37.7. The van der Waals surface area contributed by atoms with Crippen LogP contribution in [0.1, 0.15) is 30.6 Å². The molecule has 0 heterocycles. The smallest absolute Gasteiger partial charge is 0.326 e. The van der Waals surface area contributed by atoms with E-state index in [-0.39, 0.29) is 18.0 Å². The van der Waals surface area contributed by atoms with Crippen LogP contribution in [0.3, 0.4) is 0 Å². The number of non-ortho nitro benzene ring substituents is 1. The molecular formula is C19H19ClN4O7. The summed E-state index contributed by atoms with van der Waals surface area (Å²) in [5.74, 6) is -2.27. The monoisotopic (exact) mass is 450 g/mol. The minimum Gasteiger partial charge on any atom is -0.480 e. The van der Waals surface area contributed by atoms with Gasteiger partial charge in [-0.05, 0) is 36.6 Å². The van der Waals surface area contributed by atoms with Crippen LogP contribution in [0.2, 0.25) is 5.02 Å². The molecule has 3 N–H and O–H groups in total. The van der Waals surface area contributed by atoms with Gasteiger partial charge in [-0.2, -0.15) is 0 Å². The Balaban J connectivity index is 2.60. The lowest BCUT2D eigenvalue weighted by Gasteiger charge is -2.19. The number of aliphatic carboxylic acids is 1. The Morgan fingerprint density at radius 3 is 2.19 bits per heavy atom. The number of carbonyl (C=O) groups is 2. The van der Waals surface area contributed by atoms with Crippen molar-refractivity contribution in [3.05, 3.63) is 67.2 Å². The molecule has 0 aliphatic carbocycles. The highest BCUT2D eigenvalue weighted by Gasteiger charge is 2.31. The summed E-state index contributed by atoms with van der Waals surface area (Å²) >= 11 is 5.80. The lowest BCUT2D eigenvalue weighted by Crippen LogP contribution is -2.32. The average Bonchev–Trinajstić information content (AvgIpc) is 2.68. The van der Waals surface area contributed by atoms with Gasteiger partial charge in [-0.25, -0.2) is 4.79 Å². The molecule has 0 radical (unpaired) electrons. The van der Waals surface area contributed by atoms with E-state index in [0.717, 1.165) is 6.07 Å². The molecule has 0 bridgehead atoms. The van der Waals surface area contributed by atoms with Crippen LogP contribution in [0.4, 0.5) is 22.7 Å². The highest BCUT2D eigenvalue weighted by atomic mass is 35.5. The molecule has 0 fully saturated rings. The molecular weight excluding hydrogens is 432 g/mol. The van der Waals surface area contributed by atoms with E-state index < -0.39 is 50.4 Å². The van der Waals surface area contributed by atoms with Gasteiger partial charge >= 0.3 is 5.97 Å². The summed E-state index contributed by atoms with van der Waals surface area (Å²) in [6.07, 6.45) is 0.0989. The Hall–Kier alpha value is -3.73. The number of amides is 1. The second-order valence-electron chi connectivity index (χ2n) is 7.03. The summed E-state index contributed by atoms with van der Waals surface area (Å²) in [4.78, 5) is 45.6. The molecule has 2 aromatic rings. The Morgan fingerprint density at radius 2 is 1.71 bits per heavy atom. The summed E-state index contributed by atoms with van der Waals surface area (Å²) in [5.41, 5.74) is -2.05. The van der Waals surface area contributed by atoms with E-state index in [4.69, 9.17) is 11.6 Å². The largest absolute Gasteiger partial charge is 0.480 e. The zero-order chi connectivity index (χ0) is 23.3. The number of hydrogen-bond acceptors (Lipinski definition) is 7. The van der Waals surface area contributed by atoms with Crippen LogP contribution < -0.4 is 10.6 Å². The van der Waals surface area contributed by atoms with Crippen molar-refractivity contribution in [2.45, 2.75) is 26.3 Å². The van der Waals surface area contributed by atoms with Crippen LogP contribution in [0.25, 0.3) is 0 Å². The zero-order valence-corrected chi connectivity index (χ0v) is 17.3. The van der Waals surface area contributed by atoms with Crippen LogP contribution in [0, 0.1) is 26.1 Å². The highest BCUT2D eigenvalue weighted by Crippen LogP contribution is 2.35. The first-order chi connectivity index (χ1) is 14.5. The minimum absolute atomic E-state index is 0.0861. The first-order valence-electron chi connectivity index (χ1n) is 9.02. The Morgan fingerprint density at radius 1 is 1.10 bits per heavy atom. The van der Waals surface area contributed by atoms with Gasteiger partial charge in [0, 0.05) is 16.8 Å². The molecule has 0 unspecified atom stereocenters. The molecule has 2 aromatic carbocycles. The third kappa shape index (κ3) is 6.12. The SMILES string of the molecule is CC(C)C[C@H](Nc1c(C(=O)Nc2ccc(Cl)cc2)cc([N+](=O)[O-])cc1[N+](=O)[O-])C(=O)O. The van der Waals surface area contributed by atoms with Gasteiger partial charge in [0.2, 0.25) is 0 Å². The second-order valence-corrected chi connectivity index (χ2v) is 7.46. The Kier molecular flexibility index (Phi) is 7.48. The molecule has 1 amide bonds. The molecule has 11 nitrogen and oxygen atoms in total. The highest BCUT2D eigenvalue weighted by molar-refractivity contribution is 6.30. The second kappa shape index (κ2) is 9.85. The van der Waals surface area contributed by atoms with E-state index in [1.54, 1.807) is 13.8 Å². The fourth-order valence-electron chi connectivity index (χ4n) is 2.79. The molecule has 0 spiro atoms. The van der Waals surface area contributed by atoms with Crippen molar-refractivity contribution in [3.8, 4) is 0 Å². The number of rotatable bonds is 9. The molecule has 0 saturated carbocycles. The maximum atomic E-state index is 12.9. The average molecular weight is 451 g/mol. The topological polar surface area (TPSA) is 165 Å². The standard InChI is InChI=1S/C19H19ClN4O7/c1-10(2)7-15(19(26)27)22-17-14(8-13(23(28)29)9-16(17)24(30)31)18(25)21-12-5-3-11(20)4-6-12/h3-6,8-10,15,22H,7H2,1-2H3,(H,21,25)(H,26,27)/t15-/m0/s1. The van der Waals surface area contributed by atoms with E-state index in [1.807, 2.05) is 0 Å². The zero-order valence-electron chi connectivity index (χ0n) is 16.5. The predicted octanol–water partition coefficient (Wildman–Crippen LogP) is 4.32. The number of carboxylic acid groups (broad SMARTS) is 1. The summed E-state index contributed by atoms with van der Waals surface area (Å²) in [7, 11) is 0. The van der Waals surface area contributed by atoms with Crippen molar-refractivity contribution in [3.63, 3.8) is 0 Å². The minimum atomic E-state index is -1.29. The number of carboxylic acids is 1. The normalized spacial score (nSPS) is 11.6. The molecule has 0 aliphatic rings. The molecule has 31 heavy (non-hydrogen) atoms. The lowest BCUT2D eigenvalue weighted by atomic mass is 10.0. The number of benzene rings is 2. The van der Waals surface area contributed by atoms with Crippen molar-refractivity contribution >= 4 is 46.2 Å². The van der Waals surface area contributed by atoms with Gasteiger partial charge in [-0.1, -0.05) is 25.4 Å². The van der Waals surface area contributed by atoms with Gasteiger partial charge in [0.05, 0.1) is 21.5 Å². The van der Waals surface area contributed by atoms with Crippen LogP contribution in [-0.2, 0) is 4.79 Å². The maximum Gasteiger partial charge on any atom is 0.326 e. The van der Waals surface area contributed by atoms with Gasteiger partial charge in [-0.3, -0.25) is 25.0 Å². The van der Waals surface area contributed by atoms with Crippen molar-refractivity contribution < 1.29 is 24.5 Å². The van der Waals surface area contributed by atoms with E-state index in [2.05, 4.69) is 10.6 Å². The molecule has 2 rings (SSSR count). The summed E-state index contributed by atoms with van der Waals surface area (Å²) in [6, 6.07) is 6.20. The molecule has 0 aromatic heterocycles. The number of carbonyl (C=O) groups excluding carboxylic acids is 1. The lowest BCUT2D eigenvalue weighted by molar-refractivity contribution is -0.393. The fourth-order valence-corrected chi connectivity index (χ4v) is 2.92. The van der Waals surface area contributed by atoms with Crippen molar-refractivity contribution in [1.82, 2.24) is 0 Å². The van der Waals surface area contributed by atoms with Gasteiger partial charge in [0.25, 0.3) is 17.3 Å². The summed E-state index contributed by atoms with van der Waals surface area (Å²) < 4.78 is 0. The molecule has 0 aliphatic heterocycles. The van der Waals surface area contributed by atoms with Crippen LogP contribution in [-0.4, -0.2) is 32.9 Å². The molecule has 0 saturated heterocycles. The Labute approximate surface area is 181 Å². The van der Waals surface area contributed by atoms with Gasteiger partial charge in [-0.15, -0.1) is 0 Å². The van der Waals surface area contributed by atoms with Crippen LogP contribution in [0.5, 0.6) is 0 Å². The molecule has 12 heteroatoms. The first-order valence-corrected chi connectivity index (χ1v) is 9.40. The van der Waals surface area contributed by atoms with Crippen molar-refractivity contribution in [1.29, 1.82) is 0 Å².